The molecule has 2 amide bonds. The van der Waals surface area contributed by atoms with Gasteiger partial charge < -0.3 is 10.6 Å². The highest BCUT2D eigenvalue weighted by atomic mass is 16.2. The molecule has 0 fully saturated rings. The number of amides is 2. The second-order valence-electron chi connectivity index (χ2n) is 5.90. The molecule has 0 aliphatic heterocycles. The molecule has 0 aromatic carbocycles. The average molecular weight is 351 g/mol. The molecule has 0 aliphatic carbocycles. The first-order valence-corrected chi connectivity index (χ1v) is 8.21. The lowest BCUT2D eigenvalue weighted by atomic mass is 10.1. The maximum Gasteiger partial charge on any atom is 0.220 e. The smallest absolute Gasteiger partial charge is 0.220 e. The maximum atomic E-state index is 11.9. The van der Waals surface area contributed by atoms with Gasteiger partial charge in [-0.25, -0.2) is 4.68 Å². The van der Waals surface area contributed by atoms with Crippen molar-refractivity contribution in [2.75, 3.05) is 0 Å². The van der Waals surface area contributed by atoms with Crippen molar-refractivity contribution in [3.05, 3.63) is 11.9 Å². The van der Waals surface area contributed by atoms with E-state index in [0.717, 1.165) is 0 Å². The third-order valence-electron chi connectivity index (χ3n) is 3.67. The van der Waals surface area contributed by atoms with Crippen LogP contribution >= 0.6 is 0 Å². The first-order valence-electron chi connectivity index (χ1n) is 8.21. The van der Waals surface area contributed by atoms with Gasteiger partial charge in [-0.2, -0.15) is 0 Å². The van der Waals surface area contributed by atoms with Crippen LogP contribution < -0.4 is 10.6 Å². The van der Waals surface area contributed by atoms with E-state index in [1.807, 2.05) is 0 Å². The van der Waals surface area contributed by atoms with Crippen LogP contribution in [-0.4, -0.2) is 50.5 Å². The van der Waals surface area contributed by atoms with Crippen LogP contribution in [0.15, 0.2) is 6.20 Å². The normalized spacial score (nSPS) is 13.0. The van der Waals surface area contributed by atoms with Crippen LogP contribution in [-0.2, 0) is 32.1 Å². The molecule has 0 aliphatic rings. The predicted molar refractivity (Wildman–Crippen MR) is 89.5 cm³/mol. The molecule has 0 spiro atoms. The number of aromatic nitrogens is 3. The zero-order valence-corrected chi connectivity index (χ0v) is 15.0. The first kappa shape index (κ1) is 20.5. The minimum absolute atomic E-state index is 0.0927. The van der Waals surface area contributed by atoms with Crippen LogP contribution in [0.3, 0.4) is 0 Å². The molecule has 0 radical (unpaired) electrons. The highest BCUT2D eigenvalue weighted by Gasteiger charge is 2.19. The Hall–Kier alpha value is -2.58. The number of aryl methyl sites for hydroxylation is 1. The van der Waals surface area contributed by atoms with E-state index in [0.29, 0.717) is 18.5 Å². The van der Waals surface area contributed by atoms with Crippen molar-refractivity contribution in [1.82, 2.24) is 25.6 Å². The van der Waals surface area contributed by atoms with Gasteiger partial charge in [0.25, 0.3) is 0 Å². The molecule has 2 N–H and O–H groups in total. The molecule has 1 rings (SSSR count). The fourth-order valence-electron chi connectivity index (χ4n) is 2.11. The Morgan fingerprint density at radius 2 is 1.88 bits per heavy atom. The number of nitrogens with zero attached hydrogens (tertiary/aromatic N) is 3. The lowest BCUT2D eigenvalue weighted by molar-refractivity contribution is -0.127. The molecule has 25 heavy (non-hydrogen) atoms. The number of rotatable bonds is 10. The molecule has 0 saturated heterocycles. The van der Waals surface area contributed by atoms with Gasteiger partial charge in [-0.15, -0.1) is 5.10 Å². The molecular formula is C16H25N5O4. The SMILES string of the molecule is CCC(=O)C(Cn1cc(CCC(=O)NC(C)C(C)=O)nn1)NC(C)=O. The summed E-state index contributed by atoms with van der Waals surface area (Å²) >= 11 is 0. The van der Waals surface area contributed by atoms with Crippen LogP contribution in [0.25, 0.3) is 0 Å². The van der Waals surface area contributed by atoms with E-state index >= 15 is 0 Å². The van der Waals surface area contributed by atoms with Gasteiger partial charge in [-0.3, -0.25) is 19.2 Å². The first-order chi connectivity index (χ1) is 11.7. The zero-order valence-electron chi connectivity index (χ0n) is 15.0. The van der Waals surface area contributed by atoms with Gasteiger partial charge in [-0.05, 0) is 13.8 Å². The number of Topliss-reactive ketones (excluding diaryl/α,β-unsaturated/α-hetero) is 2. The Kier molecular flexibility index (Phi) is 7.90. The monoisotopic (exact) mass is 351 g/mol. The highest BCUT2D eigenvalue weighted by Crippen LogP contribution is 2.02. The topological polar surface area (TPSA) is 123 Å². The summed E-state index contributed by atoms with van der Waals surface area (Å²) in [5.41, 5.74) is 0.594. The van der Waals surface area contributed by atoms with Crippen molar-refractivity contribution in [3.63, 3.8) is 0 Å². The number of hydrogen-bond acceptors (Lipinski definition) is 6. The molecule has 0 saturated carbocycles. The largest absolute Gasteiger partial charge is 0.347 e. The zero-order chi connectivity index (χ0) is 19.0. The molecule has 2 unspecified atom stereocenters. The van der Waals surface area contributed by atoms with Crippen molar-refractivity contribution < 1.29 is 19.2 Å². The summed E-state index contributed by atoms with van der Waals surface area (Å²) in [5, 5.41) is 13.1. The van der Waals surface area contributed by atoms with E-state index in [1.54, 1.807) is 20.0 Å². The third-order valence-corrected chi connectivity index (χ3v) is 3.67. The van der Waals surface area contributed by atoms with Crippen molar-refractivity contribution in [2.45, 2.75) is 65.6 Å². The second-order valence-corrected chi connectivity index (χ2v) is 5.90. The van der Waals surface area contributed by atoms with Crippen molar-refractivity contribution >= 4 is 23.4 Å². The molecular weight excluding hydrogens is 326 g/mol. The summed E-state index contributed by atoms with van der Waals surface area (Å²) in [6.45, 7) is 6.31. The van der Waals surface area contributed by atoms with E-state index in [4.69, 9.17) is 0 Å². The fraction of sp³-hybridized carbons (Fsp3) is 0.625. The summed E-state index contributed by atoms with van der Waals surface area (Å²) in [5.74, 6) is -0.730. The van der Waals surface area contributed by atoms with Crippen molar-refractivity contribution in [1.29, 1.82) is 0 Å². The molecule has 2 atom stereocenters. The maximum absolute atomic E-state index is 11.9. The molecule has 0 bridgehead atoms. The van der Waals surface area contributed by atoms with E-state index in [9.17, 15) is 19.2 Å². The Bertz CT molecular complexity index is 640. The number of carbonyl (C=O) groups excluding carboxylic acids is 4. The molecule has 138 valence electrons. The van der Waals surface area contributed by atoms with Crippen molar-refractivity contribution in [2.24, 2.45) is 0 Å². The summed E-state index contributed by atoms with van der Waals surface area (Å²) in [6.07, 6.45) is 2.49. The van der Waals surface area contributed by atoms with Crippen LogP contribution in [0.4, 0.5) is 0 Å². The van der Waals surface area contributed by atoms with Crippen LogP contribution in [0.5, 0.6) is 0 Å². The predicted octanol–water partition coefficient (Wildman–Crippen LogP) is -0.212. The lowest BCUT2D eigenvalue weighted by Crippen LogP contribution is -2.42. The van der Waals surface area contributed by atoms with Gasteiger partial charge in [0.05, 0.1) is 18.3 Å². The molecule has 1 aromatic heterocycles. The Morgan fingerprint density at radius 3 is 2.44 bits per heavy atom. The van der Waals surface area contributed by atoms with Gasteiger partial charge in [0.1, 0.15) is 6.04 Å². The van der Waals surface area contributed by atoms with Crippen LogP contribution in [0.2, 0.25) is 0 Å². The van der Waals surface area contributed by atoms with Crippen LogP contribution in [0, 0.1) is 0 Å². The number of carbonyl (C=O) groups is 4. The second kappa shape index (κ2) is 9.65. The van der Waals surface area contributed by atoms with Gasteiger partial charge in [0.2, 0.25) is 11.8 Å². The molecule has 9 heteroatoms. The quantitative estimate of drug-likeness (QED) is 0.601. The van der Waals surface area contributed by atoms with Gasteiger partial charge >= 0.3 is 0 Å². The van der Waals surface area contributed by atoms with Gasteiger partial charge in [0.15, 0.2) is 11.6 Å². The standard InChI is InChI=1S/C16H25N5O4/c1-5-15(24)14(18-12(4)23)9-21-8-13(19-20-21)6-7-16(25)17-10(2)11(3)22/h8,10,14H,5-7,9H2,1-4H3,(H,17,25)(H,18,23). The van der Waals surface area contributed by atoms with Crippen LogP contribution in [0.1, 0.15) is 46.2 Å². The molecule has 9 nitrogen and oxygen atoms in total. The minimum Gasteiger partial charge on any atom is -0.347 e. The van der Waals surface area contributed by atoms with E-state index in [-0.39, 0.29) is 36.3 Å². The van der Waals surface area contributed by atoms with Crippen molar-refractivity contribution in [3.8, 4) is 0 Å². The Labute approximate surface area is 146 Å². The van der Waals surface area contributed by atoms with Gasteiger partial charge in [0, 0.05) is 32.4 Å². The Balaban J connectivity index is 2.57. The third kappa shape index (κ3) is 7.23. The summed E-state index contributed by atoms with van der Waals surface area (Å²) in [6, 6.07) is -1.17. The highest BCUT2D eigenvalue weighted by molar-refractivity contribution is 5.88. The number of ketones is 2. The summed E-state index contributed by atoms with van der Waals surface area (Å²) in [7, 11) is 0. The molecule has 1 heterocycles. The average Bonchev–Trinajstić information content (AvgIpc) is 2.98. The van der Waals surface area contributed by atoms with E-state index in [1.165, 1.54) is 18.5 Å². The fourth-order valence-corrected chi connectivity index (χ4v) is 2.11. The number of hydrogen-bond donors (Lipinski definition) is 2. The molecule has 1 aromatic rings. The summed E-state index contributed by atoms with van der Waals surface area (Å²) < 4.78 is 1.47. The van der Waals surface area contributed by atoms with E-state index < -0.39 is 12.1 Å². The van der Waals surface area contributed by atoms with Gasteiger partial charge in [-0.1, -0.05) is 12.1 Å². The summed E-state index contributed by atoms with van der Waals surface area (Å²) in [4.78, 5) is 46.0. The lowest BCUT2D eigenvalue weighted by Gasteiger charge is -2.15. The minimum atomic E-state index is -0.656. The van der Waals surface area contributed by atoms with E-state index in [2.05, 4.69) is 20.9 Å². The number of nitrogens with one attached hydrogen (secondary N) is 2. The Morgan fingerprint density at radius 1 is 1.20 bits per heavy atom.